The van der Waals surface area contributed by atoms with Crippen molar-refractivity contribution in [2.75, 3.05) is 13.1 Å². The minimum absolute atomic E-state index is 0.535. The van der Waals surface area contributed by atoms with Gasteiger partial charge in [0.15, 0.2) is 5.82 Å². The summed E-state index contributed by atoms with van der Waals surface area (Å²) in [5.41, 5.74) is 0. The molecule has 3 rings (SSSR count). The molecule has 4 heteroatoms. The second kappa shape index (κ2) is 3.35. The van der Waals surface area contributed by atoms with Crippen LogP contribution in [0, 0.1) is 0 Å². The van der Waals surface area contributed by atoms with E-state index in [0.717, 1.165) is 24.7 Å². The molecule has 76 valence electrons. The zero-order valence-corrected chi connectivity index (χ0v) is 8.29. The maximum atomic E-state index is 4.59. The van der Waals surface area contributed by atoms with E-state index in [2.05, 4.69) is 20.5 Å². The molecule has 1 saturated heterocycles. The molecule has 0 bridgehead atoms. The third-order valence-electron chi connectivity index (χ3n) is 3.15. The SMILES string of the molecule is C1CNC[C@H](c2n[nH]c(C3CC3)n2)C1. The monoisotopic (exact) mass is 192 g/mol. The van der Waals surface area contributed by atoms with Crippen molar-refractivity contribution < 1.29 is 0 Å². The summed E-state index contributed by atoms with van der Waals surface area (Å²) in [6, 6.07) is 0. The maximum Gasteiger partial charge on any atom is 0.155 e. The third-order valence-corrected chi connectivity index (χ3v) is 3.15. The fourth-order valence-corrected chi connectivity index (χ4v) is 2.08. The predicted octanol–water partition coefficient (Wildman–Crippen LogP) is 1.15. The van der Waals surface area contributed by atoms with E-state index in [9.17, 15) is 0 Å². The van der Waals surface area contributed by atoms with E-state index in [1.54, 1.807) is 0 Å². The number of aromatic amines is 1. The largest absolute Gasteiger partial charge is 0.316 e. The molecule has 1 aliphatic carbocycles. The first-order chi connectivity index (χ1) is 6.93. The molecule has 1 atom stereocenters. The fraction of sp³-hybridized carbons (Fsp3) is 0.800. The number of hydrogen-bond donors (Lipinski definition) is 2. The van der Waals surface area contributed by atoms with Gasteiger partial charge in [-0.2, -0.15) is 5.10 Å². The van der Waals surface area contributed by atoms with Crippen LogP contribution in [0.15, 0.2) is 0 Å². The van der Waals surface area contributed by atoms with Crippen LogP contribution >= 0.6 is 0 Å². The predicted molar refractivity (Wildman–Crippen MR) is 53.2 cm³/mol. The lowest BCUT2D eigenvalue weighted by Crippen LogP contribution is -2.28. The Morgan fingerprint density at radius 3 is 2.79 bits per heavy atom. The first-order valence-corrected chi connectivity index (χ1v) is 5.56. The van der Waals surface area contributed by atoms with Crippen molar-refractivity contribution in [3.05, 3.63) is 11.6 Å². The Morgan fingerprint density at radius 2 is 2.07 bits per heavy atom. The summed E-state index contributed by atoms with van der Waals surface area (Å²) in [6.45, 7) is 2.19. The Balaban J connectivity index is 1.74. The number of hydrogen-bond acceptors (Lipinski definition) is 3. The van der Waals surface area contributed by atoms with Gasteiger partial charge in [0.2, 0.25) is 0 Å². The zero-order chi connectivity index (χ0) is 9.38. The summed E-state index contributed by atoms with van der Waals surface area (Å²) in [7, 11) is 0. The van der Waals surface area contributed by atoms with Crippen molar-refractivity contribution in [3.63, 3.8) is 0 Å². The molecule has 1 aromatic heterocycles. The van der Waals surface area contributed by atoms with Gasteiger partial charge in [0.25, 0.3) is 0 Å². The molecule has 2 heterocycles. The Kier molecular flexibility index (Phi) is 2.01. The molecule has 4 nitrogen and oxygen atoms in total. The molecule has 1 saturated carbocycles. The molecule has 0 spiro atoms. The summed E-state index contributed by atoms with van der Waals surface area (Å²) >= 11 is 0. The number of aromatic nitrogens is 3. The molecular weight excluding hydrogens is 176 g/mol. The highest BCUT2D eigenvalue weighted by atomic mass is 15.2. The lowest BCUT2D eigenvalue weighted by atomic mass is 9.99. The topological polar surface area (TPSA) is 53.6 Å². The van der Waals surface area contributed by atoms with Crippen LogP contribution in [0.5, 0.6) is 0 Å². The summed E-state index contributed by atoms with van der Waals surface area (Å²) in [4.78, 5) is 4.59. The molecular formula is C10H16N4. The lowest BCUT2D eigenvalue weighted by molar-refractivity contribution is 0.447. The summed E-state index contributed by atoms with van der Waals surface area (Å²) < 4.78 is 0. The highest BCUT2D eigenvalue weighted by molar-refractivity contribution is 5.08. The van der Waals surface area contributed by atoms with Gasteiger partial charge in [-0.05, 0) is 32.2 Å². The normalized spacial score (nSPS) is 27.9. The molecule has 2 aliphatic rings. The molecule has 0 radical (unpaired) electrons. The van der Waals surface area contributed by atoms with E-state index in [1.165, 1.54) is 25.7 Å². The Labute approximate surface area is 83.5 Å². The standard InChI is InChI=1S/C10H16N4/c1-2-8(6-11-5-1)10-12-9(13-14-10)7-3-4-7/h7-8,11H,1-6H2,(H,12,13,14)/t8-/m1/s1. The van der Waals surface area contributed by atoms with Gasteiger partial charge in [-0.15, -0.1) is 0 Å². The number of piperidine rings is 1. The first kappa shape index (κ1) is 8.41. The highest BCUT2D eigenvalue weighted by Gasteiger charge is 2.28. The molecule has 2 fully saturated rings. The molecule has 0 amide bonds. The summed E-state index contributed by atoms with van der Waals surface area (Å²) in [5, 5.41) is 10.8. The van der Waals surface area contributed by atoms with Crippen molar-refractivity contribution in [2.24, 2.45) is 0 Å². The van der Waals surface area contributed by atoms with Crippen LogP contribution in [-0.4, -0.2) is 28.3 Å². The van der Waals surface area contributed by atoms with Crippen LogP contribution in [-0.2, 0) is 0 Å². The van der Waals surface area contributed by atoms with Crippen molar-refractivity contribution in [1.29, 1.82) is 0 Å². The van der Waals surface area contributed by atoms with E-state index in [0.29, 0.717) is 11.8 Å². The zero-order valence-electron chi connectivity index (χ0n) is 8.29. The van der Waals surface area contributed by atoms with E-state index >= 15 is 0 Å². The molecule has 14 heavy (non-hydrogen) atoms. The molecule has 2 N–H and O–H groups in total. The second-order valence-electron chi connectivity index (χ2n) is 4.40. The van der Waals surface area contributed by atoms with Crippen LogP contribution in [0.25, 0.3) is 0 Å². The fourth-order valence-electron chi connectivity index (χ4n) is 2.08. The number of nitrogens with one attached hydrogen (secondary N) is 2. The minimum atomic E-state index is 0.535. The maximum absolute atomic E-state index is 4.59. The van der Waals surface area contributed by atoms with E-state index in [1.807, 2.05) is 0 Å². The van der Waals surface area contributed by atoms with Crippen LogP contribution in [0.4, 0.5) is 0 Å². The van der Waals surface area contributed by atoms with Gasteiger partial charge in [-0.1, -0.05) is 0 Å². The molecule has 0 unspecified atom stereocenters. The van der Waals surface area contributed by atoms with Gasteiger partial charge in [0, 0.05) is 18.4 Å². The number of rotatable bonds is 2. The van der Waals surface area contributed by atoms with Crippen LogP contribution in [0.2, 0.25) is 0 Å². The van der Waals surface area contributed by atoms with E-state index < -0.39 is 0 Å². The summed E-state index contributed by atoms with van der Waals surface area (Å²) in [5.74, 6) is 3.37. The Hall–Kier alpha value is -0.900. The minimum Gasteiger partial charge on any atom is -0.316 e. The third kappa shape index (κ3) is 1.54. The smallest absolute Gasteiger partial charge is 0.155 e. The number of H-pyrrole nitrogens is 1. The Bertz CT molecular complexity index is 310. The first-order valence-electron chi connectivity index (χ1n) is 5.56. The van der Waals surface area contributed by atoms with Crippen molar-refractivity contribution in [3.8, 4) is 0 Å². The van der Waals surface area contributed by atoms with E-state index in [4.69, 9.17) is 0 Å². The Morgan fingerprint density at radius 1 is 1.14 bits per heavy atom. The van der Waals surface area contributed by atoms with Gasteiger partial charge in [0.05, 0.1) is 0 Å². The average Bonchev–Trinajstić information content (AvgIpc) is 2.98. The van der Waals surface area contributed by atoms with Crippen molar-refractivity contribution >= 4 is 0 Å². The average molecular weight is 192 g/mol. The van der Waals surface area contributed by atoms with Gasteiger partial charge in [0.1, 0.15) is 5.82 Å². The van der Waals surface area contributed by atoms with Gasteiger partial charge in [-0.25, -0.2) is 4.98 Å². The molecule has 1 aromatic rings. The van der Waals surface area contributed by atoms with Crippen LogP contribution in [0.1, 0.15) is 49.2 Å². The quantitative estimate of drug-likeness (QED) is 0.739. The molecule has 0 aromatic carbocycles. The number of nitrogens with zero attached hydrogens (tertiary/aromatic N) is 2. The van der Waals surface area contributed by atoms with Crippen molar-refractivity contribution in [1.82, 2.24) is 20.5 Å². The highest BCUT2D eigenvalue weighted by Crippen LogP contribution is 2.38. The van der Waals surface area contributed by atoms with Crippen molar-refractivity contribution in [2.45, 2.75) is 37.5 Å². The molecule has 1 aliphatic heterocycles. The van der Waals surface area contributed by atoms with Crippen LogP contribution < -0.4 is 5.32 Å². The lowest BCUT2D eigenvalue weighted by Gasteiger charge is -2.19. The second-order valence-corrected chi connectivity index (χ2v) is 4.40. The van der Waals surface area contributed by atoms with E-state index in [-0.39, 0.29) is 0 Å². The summed E-state index contributed by atoms with van der Waals surface area (Å²) in [6.07, 6.45) is 5.06. The van der Waals surface area contributed by atoms with Gasteiger partial charge >= 0.3 is 0 Å². The van der Waals surface area contributed by atoms with Crippen LogP contribution in [0.3, 0.4) is 0 Å². The van der Waals surface area contributed by atoms with Gasteiger partial charge in [-0.3, -0.25) is 5.10 Å². The van der Waals surface area contributed by atoms with Gasteiger partial charge < -0.3 is 5.32 Å².